The maximum Gasteiger partial charge on any atom is 0.0733 e. The van der Waals surface area contributed by atoms with Gasteiger partial charge in [-0.1, -0.05) is 18.9 Å². The lowest BCUT2D eigenvalue weighted by Crippen LogP contribution is -2.26. The molecular weight excluding hydrogens is 162 g/mol. The highest BCUT2D eigenvalue weighted by Gasteiger charge is 2.24. The highest BCUT2D eigenvalue weighted by Crippen LogP contribution is 2.26. The van der Waals surface area contributed by atoms with Crippen molar-refractivity contribution in [2.24, 2.45) is 5.92 Å². The van der Waals surface area contributed by atoms with Crippen molar-refractivity contribution in [3.63, 3.8) is 0 Å². The summed E-state index contributed by atoms with van der Waals surface area (Å²) in [6, 6.07) is 2.33. The van der Waals surface area contributed by atoms with Gasteiger partial charge in [0.1, 0.15) is 0 Å². The molecule has 0 amide bonds. The maximum atomic E-state index is 8.87. The second kappa shape index (κ2) is 5.77. The number of nitriles is 1. The quantitative estimate of drug-likeness (QED) is 0.491. The van der Waals surface area contributed by atoms with Gasteiger partial charge in [-0.25, -0.2) is 0 Å². The van der Waals surface area contributed by atoms with Crippen LogP contribution in [0.15, 0.2) is 12.7 Å². The minimum absolute atomic E-state index is 0.124. The van der Waals surface area contributed by atoms with Crippen LogP contribution >= 0.6 is 0 Å². The van der Waals surface area contributed by atoms with Gasteiger partial charge >= 0.3 is 0 Å². The average molecular weight is 179 g/mol. The van der Waals surface area contributed by atoms with E-state index in [9.17, 15) is 0 Å². The summed E-state index contributed by atoms with van der Waals surface area (Å²) >= 11 is 0. The van der Waals surface area contributed by atoms with Crippen LogP contribution in [-0.2, 0) is 4.74 Å². The average Bonchev–Trinajstić information content (AvgIpc) is 2.19. The molecule has 1 rings (SSSR count). The molecule has 0 aromatic carbocycles. The zero-order valence-electron chi connectivity index (χ0n) is 8.04. The molecule has 0 aromatic heterocycles. The van der Waals surface area contributed by atoms with Crippen molar-refractivity contribution >= 4 is 0 Å². The summed E-state index contributed by atoms with van der Waals surface area (Å²) in [5.41, 5.74) is 0. The van der Waals surface area contributed by atoms with E-state index in [4.69, 9.17) is 10.00 Å². The zero-order chi connectivity index (χ0) is 9.52. The molecule has 2 heteroatoms. The van der Waals surface area contributed by atoms with Crippen molar-refractivity contribution in [2.75, 3.05) is 6.61 Å². The first-order chi connectivity index (χ1) is 6.38. The molecule has 0 spiro atoms. The summed E-state index contributed by atoms with van der Waals surface area (Å²) in [4.78, 5) is 0. The number of ether oxygens (including phenoxy) is 1. The highest BCUT2D eigenvalue weighted by atomic mass is 16.5. The van der Waals surface area contributed by atoms with Crippen LogP contribution in [0.25, 0.3) is 0 Å². The molecule has 1 aliphatic carbocycles. The van der Waals surface area contributed by atoms with Gasteiger partial charge in [-0.15, -0.1) is 6.58 Å². The monoisotopic (exact) mass is 179 g/mol. The van der Waals surface area contributed by atoms with Gasteiger partial charge in [-0.05, 0) is 19.3 Å². The van der Waals surface area contributed by atoms with E-state index in [1.807, 2.05) is 6.08 Å². The van der Waals surface area contributed by atoms with Gasteiger partial charge in [0.15, 0.2) is 0 Å². The van der Waals surface area contributed by atoms with Gasteiger partial charge in [-0.3, -0.25) is 0 Å². The lowest BCUT2D eigenvalue weighted by molar-refractivity contribution is 0.00851. The minimum Gasteiger partial charge on any atom is -0.377 e. The van der Waals surface area contributed by atoms with Gasteiger partial charge < -0.3 is 4.74 Å². The van der Waals surface area contributed by atoms with Crippen molar-refractivity contribution in [3.05, 3.63) is 12.7 Å². The highest BCUT2D eigenvalue weighted by molar-refractivity contribution is 4.91. The molecule has 0 aromatic rings. The Morgan fingerprint density at radius 2 is 2.23 bits per heavy atom. The van der Waals surface area contributed by atoms with Gasteiger partial charge in [0.05, 0.1) is 24.7 Å². The number of nitrogens with zero attached hydrogens (tertiary/aromatic N) is 1. The predicted octanol–water partition coefficient (Wildman–Crippen LogP) is 2.66. The topological polar surface area (TPSA) is 33.0 Å². The Morgan fingerprint density at radius 3 is 2.92 bits per heavy atom. The zero-order valence-corrected chi connectivity index (χ0v) is 8.04. The summed E-state index contributed by atoms with van der Waals surface area (Å²) < 4.78 is 5.63. The Hall–Kier alpha value is -0.810. The molecule has 1 aliphatic rings. The van der Waals surface area contributed by atoms with E-state index >= 15 is 0 Å². The molecule has 72 valence electrons. The summed E-state index contributed by atoms with van der Waals surface area (Å²) in [6.07, 6.45) is 7.36. The Bertz CT molecular complexity index is 195. The van der Waals surface area contributed by atoms with E-state index in [1.54, 1.807) is 0 Å². The fraction of sp³-hybridized carbons (Fsp3) is 0.727. The molecule has 0 heterocycles. The molecule has 0 aliphatic heterocycles. The van der Waals surface area contributed by atoms with E-state index in [0.717, 1.165) is 19.3 Å². The normalized spacial score (nSPS) is 27.9. The lowest BCUT2D eigenvalue weighted by atomic mass is 9.87. The molecule has 13 heavy (non-hydrogen) atoms. The third kappa shape index (κ3) is 3.20. The maximum absolute atomic E-state index is 8.87. The molecule has 2 unspecified atom stereocenters. The first-order valence-corrected chi connectivity index (χ1v) is 5.00. The second-order valence-electron chi connectivity index (χ2n) is 3.51. The molecule has 2 nitrogen and oxygen atoms in total. The van der Waals surface area contributed by atoms with Crippen molar-refractivity contribution < 1.29 is 4.74 Å². The molecule has 1 fully saturated rings. The van der Waals surface area contributed by atoms with E-state index in [2.05, 4.69) is 12.6 Å². The van der Waals surface area contributed by atoms with Gasteiger partial charge in [0, 0.05) is 0 Å². The smallest absolute Gasteiger partial charge is 0.0733 e. The van der Waals surface area contributed by atoms with Crippen LogP contribution in [0, 0.1) is 17.2 Å². The van der Waals surface area contributed by atoms with Crippen molar-refractivity contribution in [1.82, 2.24) is 0 Å². The molecule has 0 bridgehead atoms. The Morgan fingerprint density at radius 1 is 1.46 bits per heavy atom. The van der Waals surface area contributed by atoms with E-state index in [-0.39, 0.29) is 12.0 Å². The largest absolute Gasteiger partial charge is 0.377 e. The van der Waals surface area contributed by atoms with Crippen LogP contribution in [0.2, 0.25) is 0 Å². The Kier molecular flexibility index (Phi) is 4.56. The third-order valence-electron chi connectivity index (χ3n) is 2.52. The van der Waals surface area contributed by atoms with Crippen LogP contribution in [-0.4, -0.2) is 12.7 Å². The third-order valence-corrected chi connectivity index (χ3v) is 2.52. The van der Waals surface area contributed by atoms with E-state index in [1.165, 1.54) is 12.8 Å². The Balaban J connectivity index is 2.28. The standard InChI is InChI=1S/C11H17NO/c1-2-3-8-13-11-7-5-4-6-10(11)9-12/h2,10-11H,1,3-8H2. The molecular formula is C11H17NO. The molecule has 1 saturated carbocycles. The predicted molar refractivity (Wildman–Crippen MR) is 52.1 cm³/mol. The Labute approximate surface area is 80.2 Å². The van der Waals surface area contributed by atoms with Gasteiger partial charge in [0.25, 0.3) is 0 Å². The molecule has 0 N–H and O–H groups in total. The number of rotatable bonds is 4. The number of hydrogen-bond acceptors (Lipinski definition) is 2. The van der Waals surface area contributed by atoms with Crippen LogP contribution < -0.4 is 0 Å². The summed E-state index contributed by atoms with van der Waals surface area (Å²) in [7, 11) is 0. The summed E-state index contributed by atoms with van der Waals surface area (Å²) in [6.45, 7) is 4.35. The first kappa shape index (κ1) is 10.3. The lowest BCUT2D eigenvalue weighted by Gasteiger charge is -2.26. The second-order valence-corrected chi connectivity index (χ2v) is 3.51. The van der Waals surface area contributed by atoms with Crippen molar-refractivity contribution in [3.8, 4) is 6.07 Å². The van der Waals surface area contributed by atoms with Crippen LogP contribution in [0.1, 0.15) is 32.1 Å². The fourth-order valence-corrected chi connectivity index (χ4v) is 1.75. The van der Waals surface area contributed by atoms with E-state index in [0.29, 0.717) is 6.61 Å². The SMILES string of the molecule is C=CCCOC1CCCCC1C#N. The van der Waals surface area contributed by atoms with Crippen LogP contribution in [0.4, 0.5) is 0 Å². The molecule has 2 atom stereocenters. The fourth-order valence-electron chi connectivity index (χ4n) is 1.75. The first-order valence-electron chi connectivity index (χ1n) is 5.00. The number of hydrogen-bond donors (Lipinski definition) is 0. The van der Waals surface area contributed by atoms with Gasteiger partial charge in [0.2, 0.25) is 0 Å². The van der Waals surface area contributed by atoms with Gasteiger partial charge in [-0.2, -0.15) is 5.26 Å². The van der Waals surface area contributed by atoms with Crippen molar-refractivity contribution in [1.29, 1.82) is 5.26 Å². The van der Waals surface area contributed by atoms with Crippen LogP contribution in [0.5, 0.6) is 0 Å². The van der Waals surface area contributed by atoms with Crippen LogP contribution in [0.3, 0.4) is 0 Å². The van der Waals surface area contributed by atoms with E-state index < -0.39 is 0 Å². The molecule has 0 radical (unpaired) electrons. The molecule has 0 saturated heterocycles. The van der Waals surface area contributed by atoms with Crippen molar-refractivity contribution in [2.45, 2.75) is 38.2 Å². The minimum atomic E-state index is 0.124. The summed E-state index contributed by atoms with van der Waals surface area (Å²) in [5, 5.41) is 8.87. The summed E-state index contributed by atoms with van der Waals surface area (Å²) in [5.74, 6) is 0.124.